The van der Waals surface area contributed by atoms with Crippen molar-refractivity contribution in [1.29, 1.82) is 0 Å². The highest BCUT2D eigenvalue weighted by atomic mass is 16.7. The van der Waals surface area contributed by atoms with Crippen molar-refractivity contribution in [3.63, 3.8) is 0 Å². The summed E-state index contributed by atoms with van der Waals surface area (Å²) in [7, 11) is 1.49. The molecule has 3 unspecified atom stereocenters. The number of aliphatic hydroxyl groups excluding tert-OH is 1. The highest BCUT2D eigenvalue weighted by Gasteiger charge is 2.48. The fourth-order valence-electron chi connectivity index (χ4n) is 2.60. The molecule has 2 fully saturated rings. The first kappa shape index (κ1) is 13.9. The van der Waals surface area contributed by atoms with Gasteiger partial charge in [-0.2, -0.15) is 0 Å². The molecule has 1 aromatic carbocycles. The lowest BCUT2D eigenvalue weighted by molar-refractivity contribution is -0.339. The number of rotatable bonds is 2. The third kappa shape index (κ3) is 2.46. The summed E-state index contributed by atoms with van der Waals surface area (Å²) in [6, 6.07) is 8.93. The Balaban J connectivity index is 1.74. The van der Waals surface area contributed by atoms with Gasteiger partial charge >= 0.3 is 0 Å². The molecule has 0 radical (unpaired) electrons. The van der Waals surface area contributed by atoms with Gasteiger partial charge in [0.2, 0.25) is 0 Å². The molecule has 6 nitrogen and oxygen atoms in total. The van der Waals surface area contributed by atoms with Crippen LogP contribution in [0.2, 0.25) is 0 Å². The van der Waals surface area contributed by atoms with Gasteiger partial charge in [-0.1, -0.05) is 30.3 Å². The van der Waals surface area contributed by atoms with Crippen molar-refractivity contribution >= 4 is 0 Å². The SMILES string of the molecule is CO[C@@H]1OC2COC(c3ccccc3)O[C@H]2C(O)[C@@H]1N. The predicted molar refractivity (Wildman–Crippen MR) is 69.7 cm³/mol. The van der Waals surface area contributed by atoms with Gasteiger partial charge in [0.25, 0.3) is 0 Å². The zero-order valence-electron chi connectivity index (χ0n) is 11.2. The van der Waals surface area contributed by atoms with Crippen molar-refractivity contribution < 1.29 is 24.1 Å². The van der Waals surface area contributed by atoms with Crippen LogP contribution < -0.4 is 5.73 Å². The molecule has 3 N–H and O–H groups in total. The number of methoxy groups -OCH3 is 1. The molecule has 2 saturated heterocycles. The molecule has 2 aliphatic heterocycles. The third-order valence-electron chi connectivity index (χ3n) is 3.72. The molecule has 0 aromatic heterocycles. The third-order valence-corrected chi connectivity index (χ3v) is 3.72. The topological polar surface area (TPSA) is 83.2 Å². The van der Waals surface area contributed by atoms with Crippen LogP contribution >= 0.6 is 0 Å². The fourth-order valence-corrected chi connectivity index (χ4v) is 2.60. The van der Waals surface area contributed by atoms with E-state index in [0.717, 1.165) is 5.56 Å². The molecule has 3 rings (SSSR count). The van der Waals surface area contributed by atoms with E-state index in [-0.39, 0.29) is 6.10 Å². The quantitative estimate of drug-likeness (QED) is 0.803. The first-order valence-corrected chi connectivity index (χ1v) is 6.64. The van der Waals surface area contributed by atoms with Gasteiger partial charge in [-0.15, -0.1) is 0 Å². The zero-order chi connectivity index (χ0) is 14.1. The van der Waals surface area contributed by atoms with Crippen LogP contribution in [0.25, 0.3) is 0 Å². The highest BCUT2D eigenvalue weighted by molar-refractivity contribution is 5.16. The Morgan fingerprint density at radius 3 is 2.70 bits per heavy atom. The zero-order valence-corrected chi connectivity index (χ0v) is 11.2. The van der Waals surface area contributed by atoms with Crippen LogP contribution in [0.5, 0.6) is 0 Å². The predicted octanol–water partition coefficient (Wildman–Crippen LogP) is 0.160. The number of benzene rings is 1. The van der Waals surface area contributed by atoms with Crippen molar-refractivity contribution in [1.82, 2.24) is 0 Å². The summed E-state index contributed by atoms with van der Waals surface area (Å²) < 4.78 is 22.2. The Labute approximate surface area is 117 Å². The van der Waals surface area contributed by atoms with Gasteiger partial charge in [-0.05, 0) is 0 Å². The van der Waals surface area contributed by atoms with E-state index in [2.05, 4.69) is 0 Å². The van der Waals surface area contributed by atoms with Crippen LogP contribution in [-0.4, -0.2) is 49.5 Å². The lowest BCUT2D eigenvalue weighted by atomic mass is 9.96. The molecular formula is C14H19NO5. The van der Waals surface area contributed by atoms with Crippen LogP contribution in [0.4, 0.5) is 0 Å². The van der Waals surface area contributed by atoms with Crippen molar-refractivity contribution in [2.75, 3.05) is 13.7 Å². The van der Waals surface area contributed by atoms with Crippen LogP contribution in [0.1, 0.15) is 11.9 Å². The molecule has 0 amide bonds. The maximum Gasteiger partial charge on any atom is 0.184 e. The first-order valence-electron chi connectivity index (χ1n) is 6.64. The normalized spacial score (nSPS) is 41.1. The fraction of sp³-hybridized carbons (Fsp3) is 0.571. The minimum absolute atomic E-state index is 0.327. The van der Waals surface area contributed by atoms with Gasteiger partial charge in [0.05, 0.1) is 12.6 Å². The lowest BCUT2D eigenvalue weighted by Crippen LogP contribution is -2.64. The van der Waals surface area contributed by atoms with Gasteiger partial charge in [0.1, 0.15) is 18.3 Å². The van der Waals surface area contributed by atoms with Crippen LogP contribution in [0, 0.1) is 0 Å². The Hall–Kier alpha value is -1.02. The summed E-state index contributed by atoms with van der Waals surface area (Å²) in [5.41, 5.74) is 6.81. The molecule has 6 atom stereocenters. The molecule has 0 bridgehead atoms. The van der Waals surface area contributed by atoms with Crippen LogP contribution in [-0.2, 0) is 18.9 Å². The van der Waals surface area contributed by atoms with E-state index in [9.17, 15) is 5.11 Å². The summed E-state index contributed by atoms with van der Waals surface area (Å²) in [6.45, 7) is 0.327. The van der Waals surface area contributed by atoms with Gasteiger partial charge < -0.3 is 29.8 Å². The Morgan fingerprint density at radius 1 is 1.25 bits per heavy atom. The van der Waals surface area contributed by atoms with Crippen LogP contribution in [0.3, 0.4) is 0 Å². The number of fused-ring (bicyclic) bond motifs is 1. The highest BCUT2D eigenvalue weighted by Crippen LogP contribution is 2.33. The summed E-state index contributed by atoms with van der Waals surface area (Å²) in [5.74, 6) is 0. The Kier molecular flexibility index (Phi) is 4.02. The summed E-state index contributed by atoms with van der Waals surface area (Å²) in [5, 5.41) is 10.3. The molecular weight excluding hydrogens is 262 g/mol. The average molecular weight is 281 g/mol. The largest absolute Gasteiger partial charge is 0.388 e. The molecule has 0 saturated carbocycles. The van der Waals surface area contributed by atoms with Gasteiger partial charge in [-0.25, -0.2) is 0 Å². The maximum atomic E-state index is 10.3. The van der Waals surface area contributed by atoms with E-state index in [0.29, 0.717) is 6.61 Å². The smallest absolute Gasteiger partial charge is 0.184 e. The Bertz CT molecular complexity index is 440. The monoisotopic (exact) mass is 281 g/mol. The minimum atomic E-state index is -0.853. The summed E-state index contributed by atoms with van der Waals surface area (Å²) in [6.07, 6.45) is -2.91. The van der Waals surface area contributed by atoms with E-state index >= 15 is 0 Å². The summed E-state index contributed by atoms with van der Waals surface area (Å²) >= 11 is 0. The van der Waals surface area contributed by atoms with Gasteiger partial charge in [0.15, 0.2) is 12.6 Å². The Morgan fingerprint density at radius 2 is 2.00 bits per heavy atom. The van der Waals surface area contributed by atoms with Crippen molar-refractivity contribution in [3.8, 4) is 0 Å². The van der Waals surface area contributed by atoms with Crippen LogP contribution in [0.15, 0.2) is 30.3 Å². The summed E-state index contributed by atoms with van der Waals surface area (Å²) in [4.78, 5) is 0. The number of aliphatic hydroxyl groups is 1. The molecule has 20 heavy (non-hydrogen) atoms. The van der Waals surface area contributed by atoms with Gasteiger partial charge in [0, 0.05) is 12.7 Å². The maximum absolute atomic E-state index is 10.3. The first-order chi connectivity index (χ1) is 9.70. The second-order valence-corrected chi connectivity index (χ2v) is 5.02. The van der Waals surface area contributed by atoms with E-state index < -0.39 is 30.8 Å². The number of hydrogen-bond donors (Lipinski definition) is 2. The molecule has 6 heteroatoms. The van der Waals surface area contributed by atoms with Crippen molar-refractivity contribution in [2.45, 2.75) is 36.9 Å². The standard InChI is InChI=1S/C14H19NO5/c1-17-14-10(15)11(16)12-9(19-14)7-18-13(20-12)8-5-3-2-4-6-8/h2-6,9-14,16H,7,15H2,1H3/t9?,10-,11?,12+,13?,14+/m0/s1. The molecule has 0 aliphatic carbocycles. The van der Waals surface area contributed by atoms with Crippen molar-refractivity contribution in [3.05, 3.63) is 35.9 Å². The molecule has 2 aliphatic rings. The van der Waals surface area contributed by atoms with E-state index in [1.165, 1.54) is 7.11 Å². The average Bonchev–Trinajstić information content (AvgIpc) is 2.51. The number of ether oxygens (including phenoxy) is 4. The van der Waals surface area contributed by atoms with E-state index in [4.69, 9.17) is 24.7 Å². The second kappa shape index (κ2) is 5.77. The molecule has 2 heterocycles. The lowest BCUT2D eigenvalue weighted by Gasteiger charge is -2.46. The molecule has 1 aromatic rings. The molecule has 110 valence electrons. The van der Waals surface area contributed by atoms with E-state index in [1.54, 1.807) is 0 Å². The molecule has 0 spiro atoms. The number of hydrogen-bond acceptors (Lipinski definition) is 6. The van der Waals surface area contributed by atoms with E-state index in [1.807, 2.05) is 30.3 Å². The number of nitrogens with two attached hydrogens (primary N) is 1. The second-order valence-electron chi connectivity index (χ2n) is 5.02. The van der Waals surface area contributed by atoms with Gasteiger partial charge in [-0.3, -0.25) is 0 Å². The van der Waals surface area contributed by atoms with Crippen molar-refractivity contribution in [2.24, 2.45) is 5.73 Å². The minimum Gasteiger partial charge on any atom is -0.388 e.